The third kappa shape index (κ3) is 5.15. The van der Waals surface area contributed by atoms with Gasteiger partial charge in [-0.2, -0.15) is 0 Å². The van der Waals surface area contributed by atoms with Crippen LogP contribution in [0.1, 0.15) is 24.2 Å². The van der Waals surface area contributed by atoms with Crippen molar-refractivity contribution in [2.45, 2.75) is 13.8 Å². The van der Waals surface area contributed by atoms with Crippen molar-refractivity contribution in [1.29, 1.82) is 0 Å². The molecule has 0 atom stereocenters. The molecule has 92 valence electrons. The van der Waals surface area contributed by atoms with Gasteiger partial charge in [0.15, 0.2) is 6.61 Å². The molecule has 0 fully saturated rings. The molecule has 0 unspecified atom stereocenters. The van der Waals surface area contributed by atoms with Crippen molar-refractivity contribution in [3.8, 4) is 5.75 Å². The second-order valence-corrected chi connectivity index (χ2v) is 4.18. The molecule has 1 N–H and O–H groups in total. The van der Waals surface area contributed by atoms with Gasteiger partial charge in [0, 0.05) is 12.1 Å². The van der Waals surface area contributed by atoms with E-state index in [1.54, 1.807) is 24.3 Å². The minimum atomic E-state index is -0.157. The summed E-state index contributed by atoms with van der Waals surface area (Å²) in [5, 5.41) is 2.75. The van der Waals surface area contributed by atoms with E-state index in [1.807, 2.05) is 13.8 Å². The zero-order valence-electron chi connectivity index (χ0n) is 10.1. The zero-order chi connectivity index (χ0) is 12.7. The summed E-state index contributed by atoms with van der Waals surface area (Å²) in [4.78, 5) is 21.9. The maximum absolute atomic E-state index is 11.4. The first-order valence-electron chi connectivity index (χ1n) is 5.56. The smallest absolute Gasteiger partial charge is 0.257 e. The number of carbonyl (C=O) groups excluding carboxylic acids is 2. The van der Waals surface area contributed by atoms with E-state index in [0.717, 1.165) is 6.29 Å². The van der Waals surface area contributed by atoms with Gasteiger partial charge in [0.05, 0.1) is 0 Å². The quantitative estimate of drug-likeness (QED) is 0.763. The third-order valence-corrected chi connectivity index (χ3v) is 2.07. The summed E-state index contributed by atoms with van der Waals surface area (Å²) in [6.07, 6.45) is 0.742. The molecule has 0 radical (unpaired) electrons. The van der Waals surface area contributed by atoms with Crippen LogP contribution in [0.25, 0.3) is 0 Å². The molecule has 0 saturated heterocycles. The Morgan fingerprint density at radius 2 is 2.24 bits per heavy atom. The van der Waals surface area contributed by atoms with Crippen LogP contribution in [0.4, 0.5) is 0 Å². The fourth-order valence-electron chi connectivity index (χ4n) is 1.20. The van der Waals surface area contributed by atoms with E-state index in [-0.39, 0.29) is 12.5 Å². The van der Waals surface area contributed by atoms with Crippen molar-refractivity contribution in [3.63, 3.8) is 0 Å². The van der Waals surface area contributed by atoms with E-state index in [4.69, 9.17) is 4.74 Å². The van der Waals surface area contributed by atoms with Gasteiger partial charge in [0.2, 0.25) is 0 Å². The maximum atomic E-state index is 11.4. The van der Waals surface area contributed by atoms with Crippen molar-refractivity contribution in [2.75, 3.05) is 13.2 Å². The molecule has 0 aromatic heterocycles. The molecule has 0 aliphatic carbocycles. The van der Waals surface area contributed by atoms with Gasteiger partial charge in [-0.15, -0.1) is 0 Å². The Morgan fingerprint density at radius 3 is 2.88 bits per heavy atom. The molecule has 0 bridgehead atoms. The van der Waals surface area contributed by atoms with Crippen LogP contribution < -0.4 is 10.1 Å². The van der Waals surface area contributed by atoms with E-state index in [2.05, 4.69) is 5.32 Å². The van der Waals surface area contributed by atoms with Crippen LogP contribution in [-0.4, -0.2) is 25.3 Å². The Balaban J connectivity index is 2.39. The van der Waals surface area contributed by atoms with Gasteiger partial charge in [-0.3, -0.25) is 9.59 Å². The Hall–Kier alpha value is -1.84. The van der Waals surface area contributed by atoms with Crippen LogP contribution >= 0.6 is 0 Å². The number of rotatable bonds is 6. The van der Waals surface area contributed by atoms with Gasteiger partial charge in [-0.25, -0.2) is 0 Å². The minimum Gasteiger partial charge on any atom is -0.484 e. The van der Waals surface area contributed by atoms with Gasteiger partial charge >= 0.3 is 0 Å². The monoisotopic (exact) mass is 235 g/mol. The summed E-state index contributed by atoms with van der Waals surface area (Å²) in [5.74, 6) is 0.779. The van der Waals surface area contributed by atoms with Crippen LogP contribution in [0.2, 0.25) is 0 Å². The van der Waals surface area contributed by atoms with Crippen molar-refractivity contribution < 1.29 is 14.3 Å². The van der Waals surface area contributed by atoms with Crippen LogP contribution in [0.5, 0.6) is 5.75 Å². The number of hydrogen-bond acceptors (Lipinski definition) is 3. The van der Waals surface area contributed by atoms with Crippen molar-refractivity contribution in [2.24, 2.45) is 5.92 Å². The van der Waals surface area contributed by atoms with Crippen molar-refractivity contribution >= 4 is 12.2 Å². The summed E-state index contributed by atoms with van der Waals surface area (Å²) in [6, 6.07) is 6.70. The molecule has 0 spiro atoms. The third-order valence-electron chi connectivity index (χ3n) is 2.07. The van der Waals surface area contributed by atoms with E-state index in [1.165, 1.54) is 0 Å². The first kappa shape index (κ1) is 13.2. The molecule has 4 nitrogen and oxygen atoms in total. The molecule has 1 amide bonds. The molecule has 0 aliphatic heterocycles. The highest BCUT2D eigenvalue weighted by Crippen LogP contribution is 2.11. The molecular weight excluding hydrogens is 218 g/mol. The highest BCUT2D eigenvalue weighted by Gasteiger charge is 2.03. The number of amides is 1. The van der Waals surface area contributed by atoms with Gasteiger partial charge in [0.1, 0.15) is 12.0 Å². The second-order valence-electron chi connectivity index (χ2n) is 4.18. The number of carbonyl (C=O) groups is 2. The highest BCUT2D eigenvalue weighted by molar-refractivity contribution is 5.78. The van der Waals surface area contributed by atoms with E-state index in [0.29, 0.717) is 23.8 Å². The fourth-order valence-corrected chi connectivity index (χ4v) is 1.20. The molecule has 4 heteroatoms. The number of nitrogens with one attached hydrogen (secondary N) is 1. The molecule has 0 heterocycles. The molecule has 0 saturated carbocycles. The number of hydrogen-bond donors (Lipinski definition) is 1. The van der Waals surface area contributed by atoms with Gasteiger partial charge < -0.3 is 10.1 Å². The average molecular weight is 235 g/mol. The number of benzene rings is 1. The summed E-state index contributed by atoms with van der Waals surface area (Å²) < 4.78 is 5.27. The highest BCUT2D eigenvalue weighted by atomic mass is 16.5. The van der Waals surface area contributed by atoms with Crippen molar-refractivity contribution in [1.82, 2.24) is 5.32 Å². The second kappa shape index (κ2) is 6.68. The van der Waals surface area contributed by atoms with Gasteiger partial charge in [0.25, 0.3) is 5.91 Å². The lowest BCUT2D eigenvalue weighted by Gasteiger charge is -2.09. The van der Waals surface area contributed by atoms with Crippen LogP contribution in [0.15, 0.2) is 24.3 Å². The van der Waals surface area contributed by atoms with E-state index in [9.17, 15) is 9.59 Å². The Bertz CT molecular complexity index is 388. The summed E-state index contributed by atoms with van der Waals surface area (Å²) in [6.45, 7) is 4.65. The molecular formula is C13H17NO3. The normalized spacial score (nSPS) is 10.1. The lowest BCUT2D eigenvalue weighted by molar-refractivity contribution is -0.123. The molecule has 17 heavy (non-hydrogen) atoms. The number of ether oxygens (including phenoxy) is 1. The maximum Gasteiger partial charge on any atom is 0.257 e. The summed E-state index contributed by atoms with van der Waals surface area (Å²) in [5.41, 5.74) is 0.532. The topological polar surface area (TPSA) is 55.4 Å². The van der Waals surface area contributed by atoms with Gasteiger partial charge in [-0.1, -0.05) is 26.0 Å². The van der Waals surface area contributed by atoms with Crippen LogP contribution in [0.3, 0.4) is 0 Å². The summed E-state index contributed by atoms with van der Waals surface area (Å²) in [7, 11) is 0. The average Bonchev–Trinajstić information content (AvgIpc) is 2.34. The van der Waals surface area contributed by atoms with E-state index >= 15 is 0 Å². The Labute approximate surface area is 101 Å². The lowest BCUT2D eigenvalue weighted by Crippen LogP contribution is -2.31. The van der Waals surface area contributed by atoms with E-state index < -0.39 is 0 Å². The number of aldehydes is 1. The lowest BCUT2D eigenvalue weighted by atomic mass is 10.2. The zero-order valence-corrected chi connectivity index (χ0v) is 10.1. The van der Waals surface area contributed by atoms with Crippen molar-refractivity contribution in [3.05, 3.63) is 29.8 Å². The summed E-state index contributed by atoms with van der Waals surface area (Å²) >= 11 is 0. The Kier molecular flexibility index (Phi) is 5.20. The SMILES string of the molecule is CC(C)CNC(=O)COc1cccc(C=O)c1. The largest absolute Gasteiger partial charge is 0.484 e. The Morgan fingerprint density at radius 1 is 1.47 bits per heavy atom. The molecule has 1 aromatic carbocycles. The molecule has 1 rings (SSSR count). The standard InChI is InChI=1S/C13H17NO3/c1-10(2)7-14-13(16)9-17-12-5-3-4-11(6-12)8-15/h3-6,8,10H,7,9H2,1-2H3,(H,14,16). The minimum absolute atomic E-state index is 0.0327. The molecule has 0 aliphatic rings. The van der Waals surface area contributed by atoms with Crippen LogP contribution in [0, 0.1) is 5.92 Å². The first-order chi connectivity index (χ1) is 8.11. The molecule has 1 aromatic rings. The predicted molar refractivity (Wildman–Crippen MR) is 65.2 cm³/mol. The van der Waals surface area contributed by atoms with Gasteiger partial charge in [-0.05, 0) is 18.1 Å². The first-order valence-corrected chi connectivity index (χ1v) is 5.56. The fraction of sp³-hybridized carbons (Fsp3) is 0.385. The van der Waals surface area contributed by atoms with Crippen LogP contribution in [-0.2, 0) is 4.79 Å². The predicted octanol–water partition coefficient (Wildman–Crippen LogP) is 1.65.